The van der Waals surface area contributed by atoms with Crippen molar-refractivity contribution in [3.05, 3.63) is 0 Å². The van der Waals surface area contributed by atoms with E-state index in [9.17, 15) is 4.79 Å². The average Bonchev–Trinajstić information content (AvgIpc) is 2.51. The Morgan fingerprint density at radius 1 is 1.20 bits per heavy atom. The molecule has 1 amide bonds. The van der Waals surface area contributed by atoms with E-state index in [4.69, 9.17) is 4.74 Å². The van der Waals surface area contributed by atoms with Gasteiger partial charge in [-0.2, -0.15) is 0 Å². The Bertz CT molecular complexity index is 242. The van der Waals surface area contributed by atoms with Crippen molar-refractivity contribution >= 4 is 6.09 Å². The van der Waals surface area contributed by atoms with E-state index in [0.29, 0.717) is 6.04 Å². The summed E-state index contributed by atoms with van der Waals surface area (Å²) in [4.78, 5) is 13.2. The van der Waals surface area contributed by atoms with Gasteiger partial charge in [-0.05, 0) is 25.2 Å². The molecule has 1 heterocycles. The summed E-state index contributed by atoms with van der Waals surface area (Å²) in [5.41, 5.74) is 0. The predicted molar refractivity (Wildman–Crippen MR) is 58.7 cm³/mol. The van der Waals surface area contributed by atoms with Gasteiger partial charge >= 0.3 is 6.09 Å². The third kappa shape index (κ3) is 2.27. The van der Waals surface area contributed by atoms with Crippen molar-refractivity contribution in [1.29, 1.82) is 0 Å². The maximum absolute atomic E-state index is 11.4. The molecule has 0 N–H and O–H groups in total. The van der Waals surface area contributed by atoms with E-state index in [1.165, 1.54) is 25.7 Å². The summed E-state index contributed by atoms with van der Waals surface area (Å²) in [6.45, 7) is 2.31. The molecule has 0 aromatic heterocycles. The molecule has 0 bridgehead atoms. The number of fused-ring (bicyclic) bond motifs is 1. The van der Waals surface area contributed by atoms with Crippen LogP contribution in [0.25, 0.3) is 0 Å². The molecule has 3 nitrogen and oxygen atoms in total. The highest BCUT2D eigenvalue weighted by Gasteiger charge is 2.38. The third-order valence-corrected chi connectivity index (χ3v) is 3.86. The molecular weight excluding hydrogens is 190 g/mol. The van der Waals surface area contributed by atoms with Gasteiger partial charge in [0.15, 0.2) is 0 Å². The van der Waals surface area contributed by atoms with Gasteiger partial charge in [0.2, 0.25) is 0 Å². The Morgan fingerprint density at radius 2 is 1.93 bits per heavy atom. The zero-order chi connectivity index (χ0) is 10.8. The average molecular weight is 211 g/mol. The van der Waals surface area contributed by atoms with Gasteiger partial charge in [0.1, 0.15) is 6.10 Å². The molecule has 3 unspecified atom stereocenters. The number of carbonyl (C=O) groups is 1. The van der Waals surface area contributed by atoms with Crippen LogP contribution in [0.5, 0.6) is 0 Å². The van der Waals surface area contributed by atoms with Crippen molar-refractivity contribution < 1.29 is 9.53 Å². The summed E-state index contributed by atoms with van der Waals surface area (Å²) >= 11 is 0. The number of amides is 1. The van der Waals surface area contributed by atoms with E-state index < -0.39 is 0 Å². The van der Waals surface area contributed by atoms with E-state index in [0.717, 1.165) is 18.8 Å². The molecule has 1 aliphatic carbocycles. The highest BCUT2D eigenvalue weighted by atomic mass is 16.6. The summed E-state index contributed by atoms with van der Waals surface area (Å²) in [6.07, 6.45) is 7.24. The van der Waals surface area contributed by atoms with Crippen molar-refractivity contribution in [1.82, 2.24) is 4.90 Å². The first-order chi connectivity index (χ1) is 7.18. The second-order valence-corrected chi connectivity index (χ2v) is 5.07. The Hall–Kier alpha value is -0.730. The van der Waals surface area contributed by atoms with Gasteiger partial charge in [-0.15, -0.1) is 0 Å². The van der Waals surface area contributed by atoms with Crippen molar-refractivity contribution in [2.24, 2.45) is 5.92 Å². The van der Waals surface area contributed by atoms with Crippen molar-refractivity contribution in [3.8, 4) is 0 Å². The lowest BCUT2D eigenvalue weighted by Crippen LogP contribution is -2.33. The molecule has 0 aromatic carbocycles. The highest BCUT2D eigenvalue weighted by Crippen LogP contribution is 2.30. The van der Waals surface area contributed by atoms with E-state index in [1.54, 1.807) is 4.90 Å². The predicted octanol–water partition coefficient (Wildman–Crippen LogP) is 2.80. The van der Waals surface area contributed by atoms with Crippen LogP contribution in [0.1, 0.15) is 45.4 Å². The molecule has 15 heavy (non-hydrogen) atoms. The fraction of sp³-hybridized carbons (Fsp3) is 0.917. The second kappa shape index (κ2) is 4.42. The summed E-state index contributed by atoms with van der Waals surface area (Å²) in [5.74, 6) is 0.786. The van der Waals surface area contributed by atoms with Crippen molar-refractivity contribution in [2.45, 2.75) is 57.6 Å². The number of likely N-dealkylation sites (N-methyl/N-ethyl adjacent to an activating group) is 1. The normalized spacial score (nSPS) is 37.6. The van der Waals surface area contributed by atoms with E-state index in [-0.39, 0.29) is 12.2 Å². The molecule has 0 radical (unpaired) electrons. The second-order valence-electron chi connectivity index (χ2n) is 5.07. The number of nitrogens with zero attached hydrogens (tertiary/aromatic N) is 1. The van der Waals surface area contributed by atoms with Gasteiger partial charge in [0.25, 0.3) is 0 Å². The van der Waals surface area contributed by atoms with Gasteiger partial charge in [-0.1, -0.05) is 26.2 Å². The zero-order valence-electron chi connectivity index (χ0n) is 9.74. The van der Waals surface area contributed by atoms with E-state index >= 15 is 0 Å². The largest absolute Gasteiger partial charge is 0.444 e. The quantitative estimate of drug-likeness (QED) is 0.616. The lowest BCUT2D eigenvalue weighted by molar-refractivity contribution is 0.121. The molecule has 1 saturated heterocycles. The van der Waals surface area contributed by atoms with E-state index in [1.807, 2.05) is 7.05 Å². The lowest BCUT2D eigenvalue weighted by Gasteiger charge is -2.20. The molecule has 2 rings (SSSR count). The van der Waals surface area contributed by atoms with Gasteiger partial charge in [-0.25, -0.2) is 4.79 Å². The van der Waals surface area contributed by atoms with Crippen LogP contribution < -0.4 is 0 Å². The maximum atomic E-state index is 11.4. The van der Waals surface area contributed by atoms with Crippen LogP contribution in [0.4, 0.5) is 4.79 Å². The molecule has 3 atom stereocenters. The van der Waals surface area contributed by atoms with Gasteiger partial charge in [0, 0.05) is 7.05 Å². The third-order valence-electron chi connectivity index (χ3n) is 3.86. The number of ether oxygens (including phenoxy) is 1. The van der Waals surface area contributed by atoms with Gasteiger partial charge in [0.05, 0.1) is 6.04 Å². The van der Waals surface area contributed by atoms with Crippen LogP contribution in [0.3, 0.4) is 0 Å². The lowest BCUT2D eigenvalue weighted by atomic mass is 9.98. The number of carbonyl (C=O) groups excluding carboxylic acids is 1. The first kappa shape index (κ1) is 10.8. The Kier molecular flexibility index (Phi) is 3.17. The summed E-state index contributed by atoms with van der Waals surface area (Å²) in [7, 11) is 1.87. The van der Waals surface area contributed by atoms with Crippen molar-refractivity contribution in [2.75, 3.05) is 7.05 Å². The van der Waals surface area contributed by atoms with Crippen LogP contribution in [-0.4, -0.2) is 30.2 Å². The molecule has 2 aliphatic rings. The fourth-order valence-corrected chi connectivity index (χ4v) is 2.75. The topological polar surface area (TPSA) is 29.5 Å². The molecule has 0 spiro atoms. The molecular formula is C12H21NO2. The fourth-order valence-electron chi connectivity index (χ4n) is 2.75. The number of hydrogen-bond donors (Lipinski definition) is 0. The summed E-state index contributed by atoms with van der Waals surface area (Å²) < 4.78 is 5.40. The molecule has 86 valence electrons. The number of rotatable bonds is 0. The van der Waals surface area contributed by atoms with Crippen LogP contribution in [-0.2, 0) is 4.74 Å². The summed E-state index contributed by atoms with van der Waals surface area (Å²) in [5, 5.41) is 0. The molecule has 1 saturated carbocycles. The zero-order valence-corrected chi connectivity index (χ0v) is 9.74. The molecule has 0 aromatic rings. The minimum Gasteiger partial charge on any atom is -0.444 e. The minimum atomic E-state index is -0.127. The van der Waals surface area contributed by atoms with Gasteiger partial charge in [-0.3, -0.25) is 0 Å². The highest BCUT2D eigenvalue weighted by molar-refractivity contribution is 5.70. The van der Waals surface area contributed by atoms with Crippen LogP contribution in [0.15, 0.2) is 0 Å². The van der Waals surface area contributed by atoms with Crippen LogP contribution in [0, 0.1) is 5.92 Å². The standard InChI is InChI=1S/C12H21NO2/c1-9-5-3-4-6-10-11(8-7-9)15-12(14)13(10)2/h9-11H,3-8H2,1-2H3. The molecule has 2 fully saturated rings. The molecule has 1 aliphatic heterocycles. The summed E-state index contributed by atoms with van der Waals surface area (Å²) in [6, 6.07) is 0.336. The molecule has 3 heteroatoms. The smallest absolute Gasteiger partial charge is 0.410 e. The SMILES string of the molecule is CC1CCCCC2C(CC1)OC(=O)N2C. The maximum Gasteiger partial charge on any atom is 0.410 e. The monoisotopic (exact) mass is 211 g/mol. The number of hydrogen-bond acceptors (Lipinski definition) is 2. The van der Waals surface area contributed by atoms with E-state index in [2.05, 4.69) is 6.92 Å². The van der Waals surface area contributed by atoms with Crippen molar-refractivity contribution in [3.63, 3.8) is 0 Å². The first-order valence-corrected chi connectivity index (χ1v) is 6.12. The van der Waals surface area contributed by atoms with Gasteiger partial charge < -0.3 is 9.64 Å². The first-order valence-electron chi connectivity index (χ1n) is 6.12. The van der Waals surface area contributed by atoms with Crippen LogP contribution >= 0.6 is 0 Å². The Balaban J connectivity index is 2.02. The minimum absolute atomic E-state index is 0.127. The van der Waals surface area contributed by atoms with Crippen LogP contribution in [0.2, 0.25) is 0 Å². The Labute approximate surface area is 91.8 Å². The Morgan fingerprint density at radius 3 is 2.73 bits per heavy atom.